The van der Waals surface area contributed by atoms with Gasteiger partial charge in [-0.15, -0.1) is 0 Å². The number of fused-ring (bicyclic) bond motifs is 1. The highest BCUT2D eigenvalue weighted by molar-refractivity contribution is 7.22. The van der Waals surface area contributed by atoms with Gasteiger partial charge in [0.15, 0.2) is 5.13 Å². The van der Waals surface area contributed by atoms with Gasteiger partial charge in [-0.1, -0.05) is 28.6 Å². The fourth-order valence-electron chi connectivity index (χ4n) is 5.33. The van der Waals surface area contributed by atoms with Crippen molar-refractivity contribution in [2.45, 2.75) is 44.6 Å². The lowest BCUT2D eigenvalue weighted by Crippen LogP contribution is -2.48. The third kappa shape index (κ3) is 7.46. The van der Waals surface area contributed by atoms with E-state index in [1.54, 1.807) is 0 Å². The number of hydrogen-bond donors (Lipinski definition) is 0. The van der Waals surface area contributed by atoms with Crippen LogP contribution in [0.4, 0.5) is 37.2 Å². The quantitative estimate of drug-likeness (QED) is 0.165. The molecule has 0 spiro atoms. The number of alkyl halides is 6. The fraction of sp³-hybridized carbons (Fsp3) is 0.464. The van der Waals surface area contributed by atoms with E-state index in [1.807, 2.05) is 4.90 Å². The van der Waals surface area contributed by atoms with Crippen molar-refractivity contribution in [3.63, 3.8) is 0 Å². The number of piperazine rings is 1. The molecular formula is C28H27F6N5O4S. The van der Waals surface area contributed by atoms with Gasteiger partial charge in [0.2, 0.25) is 0 Å². The molecule has 9 nitrogen and oxygen atoms in total. The van der Waals surface area contributed by atoms with Crippen molar-refractivity contribution >= 4 is 38.0 Å². The summed E-state index contributed by atoms with van der Waals surface area (Å²) in [5.74, 6) is 0.427. The molecule has 16 heteroatoms. The lowest BCUT2D eigenvalue weighted by molar-refractivity contribution is -0.383. The number of rotatable bonds is 7. The van der Waals surface area contributed by atoms with E-state index in [0.717, 1.165) is 61.4 Å². The van der Waals surface area contributed by atoms with Crippen LogP contribution in [-0.4, -0.2) is 53.2 Å². The molecule has 3 aromatic rings. The van der Waals surface area contributed by atoms with Gasteiger partial charge in [0.1, 0.15) is 11.3 Å². The number of aromatic nitrogens is 1. The van der Waals surface area contributed by atoms with Gasteiger partial charge in [-0.25, -0.2) is 0 Å². The molecule has 0 N–H and O–H groups in total. The number of nitrogens with zero attached hydrogens (tertiary/aromatic N) is 5. The Morgan fingerprint density at radius 2 is 1.61 bits per heavy atom. The zero-order chi connectivity index (χ0) is 31.6. The molecule has 1 saturated carbocycles. The zero-order valence-electron chi connectivity index (χ0n) is 23.2. The Balaban J connectivity index is 1.12. The third-order valence-electron chi connectivity index (χ3n) is 7.76. The second kappa shape index (κ2) is 12.7. The lowest BCUT2D eigenvalue weighted by Gasteiger charge is -2.37. The Labute approximate surface area is 250 Å². The van der Waals surface area contributed by atoms with E-state index in [-0.39, 0.29) is 16.4 Å². The Kier molecular flexibility index (Phi) is 9.11. The Morgan fingerprint density at radius 3 is 2.20 bits per heavy atom. The van der Waals surface area contributed by atoms with E-state index in [2.05, 4.69) is 15.0 Å². The molecule has 5 rings (SSSR count). The predicted octanol–water partition coefficient (Wildman–Crippen LogP) is 6.49. The third-order valence-corrected chi connectivity index (χ3v) is 8.93. The predicted molar refractivity (Wildman–Crippen MR) is 152 cm³/mol. The van der Waals surface area contributed by atoms with E-state index < -0.39 is 45.0 Å². The molecule has 1 aliphatic heterocycles. The van der Waals surface area contributed by atoms with Crippen LogP contribution in [0.5, 0.6) is 0 Å². The topological polar surface area (TPSA) is 101 Å². The molecule has 2 fully saturated rings. The summed E-state index contributed by atoms with van der Waals surface area (Å²) in [7, 11) is 0. The summed E-state index contributed by atoms with van der Waals surface area (Å²) in [5.41, 5.74) is -2.19. The lowest BCUT2D eigenvalue weighted by atomic mass is 9.87. The maximum absolute atomic E-state index is 13.2. The molecule has 0 radical (unpaired) electrons. The first-order valence-corrected chi connectivity index (χ1v) is 14.6. The molecule has 2 heterocycles. The van der Waals surface area contributed by atoms with Crippen LogP contribution in [0.15, 0.2) is 46.3 Å². The highest BCUT2D eigenvalue weighted by atomic mass is 32.1. The van der Waals surface area contributed by atoms with Crippen LogP contribution < -0.4 is 10.5 Å². The summed E-state index contributed by atoms with van der Waals surface area (Å²) in [6.45, 7) is 3.24. The minimum atomic E-state index is -4.84. The molecule has 0 amide bonds. The molecule has 2 aliphatic rings. The van der Waals surface area contributed by atoms with E-state index >= 15 is 0 Å². The largest absolute Gasteiger partial charge is 0.416 e. The summed E-state index contributed by atoms with van der Waals surface area (Å²) in [5, 5.41) is 15.5. The van der Waals surface area contributed by atoms with Crippen LogP contribution in [0, 0.1) is 16.0 Å². The minimum Gasteiger partial charge on any atom is -0.391 e. The van der Waals surface area contributed by atoms with Gasteiger partial charge in [0, 0.05) is 38.8 Å². The number of benzene rings is 2. The van der Waals surface area contributed by atoms with Crippen LogP contribution in [0.1, 0.15) is 42.4 Å². The van der Waals surface area contributed by atoms with Gasteiger partial charge >= 0.3 is 12.4 Å². The average Bonchev–Trinajstić information content (AvgIpc) is 2.97. The number of nitro groups is 1. The van der Waals surface area contributed by atoms with Crippen LogP contribution in [0.25, 0.3) is 10.1 Å². The SMILES string of the molecule is O=c1nc(N2CCN(CC3CCC(=NOCc4ccc(C(F)(F)F)cc4)CC3)CC2)sc2c([N+](=O)[O-])cc(C(F)(F)F)cc12. The average molecular weight is 644 g/mol. The minimum absolute atomic E-state index is 0.0814. The molecule has 236 valence electrons. The van der Waals surface area contributed by atoms with Crippen molar-refractivity contribution in [3.8, 4) is 0 Å². The number of non-ortho nitro benzene ring substituents is 1. The van der Waals surface area contributed by atoms with Crippen molar-refractivity contribution in [3.05, 3.63) is 73.6 Å². The number of nitro benzene ring substituents is 1. The molecule has 0 atom stereocenters. The molecule has 44 heavy (non-hydrogen) atoms. The highest BCUT2D eigenvalue weighted by Gasteiger charge is 2.35. The van der Waals surface area contributed by atoms with Gasteiger partial charge in [-0.3, -0.25) is 19.8 Å². The second-order valence-electron chi connectivity index (χ2n) is 10.8. The first-order chi connectivity index (χ1) is 20.8. The van der Waals surface area contributed by atoms with Gasteiger partial charge < -0.3 is 9.74 Å². The van der Waals surface area contributed by atoms with Gasteiger partial charge in [0.25, 0.3) is 11.2 Å². The first-order valence-electron chi connectivity index (χ1n) is 13.8. The smallest absolute Gasteiger partial charge is 0.391 e. The molecule has 1 aromatic heterocycles. The first kappa shape index (κ1) is 31.6. The number of oxime groups is 1. The van der Waals surface area contributed by atoms with E-state index in [1.165, 1.54) is 12.1 Å². The monoisotopic (exact) mass is 643 g/mol. The van der Waals surface area contributed by atoms with Crippen molar-refractivity contribution < 1.29 is 36.1 Å². The molecule has 2 aromatic carbocycles. The van der Waals surface area contributed by atoms with E-state index in [0.29, 0.717) is 49.8 Å². The summed E-state index contributed by atoms with van der Waals surface area (Å²) in [6, 6.07) is 5.82. The Morgan fingerprint density at radius 1 is 0.977 bits per heavy atom. The zero-order valence-corrected chi connectivity index (χ0v) is 24.0. The maximum atomic E-state index is 13.2. The molecule has 0 unspecified atom stereocenters. The summed E-state index contributed by atoms with van der Waals surface area (Å²) < 4.78 is 77.7. The van der Waals surface area contributed by atoms with Crippen LogP contribution in [0.3, 0.4) is 0 Å². The van der Waals surface area contributed by atoms with Gasteiger partial charge in [-0.2, -0.15) is 31.3 Å². The maximum Gasteiger partial charge on any atom is 0.416 e. The van der Waals surface area contributed by atoms with E-state index in [4.69, 9.17) is 4.84 Å². The van der Waals surface area contributed by atoms with Crippen LogP contribution in [0.2, 0.25) is 0 Å². The molecule has 1 aliphatic carbocycles. The van der Waals surface area contributed by atoms with Crippen molar-refractivity contribution in [2.24, 2.45) is 11.1 Å². The van der Waals surface area contributed by atoms with Crippen LogP contribution >= 0.6 is 11.3 Å². The number of anilines is 1. The Bertz CT molecular complexity index is 1590. The van der Waals surface area contributed by atoms with E-state index in [9.17, 15) is 41.3 Å². The summed E-state index contributed by atoms with van der Waals surface area (Å²) in [4.78, 5) is 36.7. The van der Waals surface area contributed by atoms with Crippen molar-refractivity contribution in [1.29, 1.82) is 0 Å². The summed E-state index contributed by atoms with van der Waals surface area (Å²) in [6.07, 6.45) is -5.92. The normalized spacial score (nSPS) is 18.5. The summed E-state index contributed by atoms with van der Waals surface area (Å²) >= 11 is 0.843. The van der Waals surface area contributed by atoms with Crippen molar-refractivity contribution in [1.82, 2.24) is 9.88 Å². The van der Waals surface area contributed by atoms with Crippen LogP contribution in [-0.2, 0) is 23.8 Å². The van der Waals surface area contributed by atoms with Gasteiger partial charge in [-0.05, 0) is 55.4 Å². The van der Waals surface area contributed by atoms with Crippen molar-refractivity contribution in [2.75, 3.05) is 37.6 Å². The fourth-order valence-corrected chi connectivity index (χ4v) is 6.45. The standard InChI is InChI=1S/C28H27F6N5O4S/c29-27(30,31)19-5-1-18(2-6-19)16-43-36-21-7-3-17(4-8-21)15-37-9-11-38(12-10-37)26-35-25(40)22-13-20(28(32,33)34)14-23(39(41)42)24(22)44-26/h1-2,5-6,13-14,17H,3-4,7-12,15-16H2. The molecule has 1 saturated heterocycles. The second-order valence-corrected chi connectivity index (χ2v) is 11.8. The molecular weight excluding hydrogens is 616 g/mol. The van der Waals surface area contributed by atoms with Gasteiger partial charge in [0.05, 0.1) is 27.1 Å². The number of hydrogen-bond acceptors (Lipinski definition) is 9. The number of halogens is 6. The Hall–Kier alpha value is -3.79. The molecule has 0 bridgehead atoms. The highest BCUT2D eigenvalue weighted by Crippen LogP contribution is 2.38.